The molecule has 21 heavy (non-hydrogen) atoms. The lowest BCUT2D eigenvalue weighted by Crippen LogP contribution is -2.24. The van der Waals surface area contributed by atoms with Crippen molar-refractivity contribution in [1.82, 2.24) is 5.32 Å². The summed E-state index contributed by atoms with van der Waals surface area (Å²) in [5, 5.41) is 4.68. The molecule has 0 saturated carbocycles. The van der Waals surface area contributed by atoms with Crippen molar-refractivity contribution >= 4 is 45.8 Å². The molecule has 1 aliphatic rings. The molecular weight excluding hydrogens is 416 g/mol. The van der Waals surface area contributed by atoms with Crippen molar-refractivity contribution in [3.05, 3.63) is 66.7 Å². The molecule has 4 heteroatoms. The van der Waals surface area contributed by atoms with E-state index in [0.29, 0.717) is 22.0 Å². The molecule has 0 spiro atoms. The predicted molar refractivity (Wildman–Crippen MR) is 98.5 cm³/mol. The summed E-state index contributed by atoms with van der Waals surface area (Å²) < 4.78 is 1.28. The highest BCUT2D eigenvalue weighted by molar-refractivity contribution is 14.1. The van der Waals surface area contributed by atoms with Crippen molar-refractivity contribution in [2.75, 3.05) is 7.05 Å². The molecule has 1 nitrogen and oxygen atoms in total. The van der Waals surface area contributed by atoms with Crippen molar-refractivity contribution in [3.63, 3.8) is 0 Å². The van der Waals surface area contributed by atoms with Gasteiger partial charge in [-0.1, -0.05) is 35.3 Å². The second-order valence-electron chi connectivity index (χ2n) is 5.42. The van der Waals surface area contributed by atoms with Gasteiger partial charge in [0, 0.05) is 15.5 Å². The first-order valence-electron chi connectivity index (χ1n) is 7.01. The molecule has 0 fully saturated rings. The van der Waals surface area contributed by atoms with E-state index in [4.69, 9.17) is 23.2 Å². The molecule has 2 unspecified atom stereocenters. The fourth-order valence-electron chi connectivity index (χ4n) is 3.18. The molecule has 0 bridgehead atoms. The van der Waals surface area contributed by atoms with Crippen molar-refractivity contribution in [2.45, 2.75) is 24.8 Å². The van der Waals surface area contributed by atoms with Crippen molar-refractivity contribution in [2.24, 2.45) is 0 Å². The maximum atomic E-state index is 6.20. The van der Waals surface area contributed by atoms with Crippen LogP contribution in [0.1, 0.15) is 41.5 Å². The van der Waals surface area contributed by atoms with Crippen LogP contribution < -0.4 is 5.32 Å². The van der Waals surface area contributed by atoms with E-state index >= 15 is 0 Å². The molecule has 1 aliphatic carbocycles. The van der Waals surface area contributed by atoms with E-state index in [1.807, 2.05) is 19.2 Å². The summed E-state index contributed by atoms with van der Waals surface area (Å²) >= 11 is 14.6. The topological polar surface area (TPSA) is 12.0 Å². The van der Waals surface area contributed by atoms with Crippen LogP contribution in [-0.2, 0) is 0 Å². The molecule has 1 N–H and O–H groups in total. The first-order chi connectivity index (χ1) is 10.1. The Hall–Kier alpha value is -0.290. The van der Waals surface area contributed by atoms with Crippen LogP contribution in [0.25, 0.3) is 0 Å². The third-order valence-corrected chi connectivity index (χ3v) is 5.65. The molecule has 0 aliphatic heterocycles. The summed E-state index contributed by atoms with van der Waals surface area (Å²) in [6.45, 7) is 0. The first-order valence-corrected chi connectivity index (χ1v) is 8.85. The Balaban J connectivity index is 2.07. The normalized spacial score (nSPS) is 21.1. The highest BCUT2D eigenvalue weighted by atomic mass is 127. The summed E-state index contributed by atoms with van der Waals surface area (Å²) in [6.07, 6.45) is 2.26. The first kappa shape index (κ1) is 15.6. The Morgan fingerprint density at radius 1 is 1.00 bits per heavy atom. The monoisotopic (exact) mass is 431 g/mol. The lowest BCUT2D eigenvalue weighted by atomic mass is 9.77. The Labute approximate surface area is 149 Å². The third-order valence-electron chi connectivity index (χ3n) is 4.24. The SMILES string of the molecule is CNC1CCC(c2ccc(Cl)c(Cl)c2)c2ccc(I)cc21. The van der Waals surface area contributed by atoms with Gasteiger partial charge >= 0.3 is 0 Å². The molecule has 0 aromatic heterocycles. The molecule has 3 rings (SSSR count). The van der Waals surface area contributed by atoms with Crippen LogP contribution in [0.5, 0.6) is 0 Å². The number of halogens is 3. The number of benzene rings is 2. The molecule has 0 amide bonds. The summed E-state index contributed by atoms with van der Waals surface area (Å²) in [7, 11) is 2.04. The van der Waals surface area contributed by atoms with Gasteiger partial charge in [-0.25, -0.2) is 0 Å². The van der Waals surface area contributed by atoms with Gasteiger partial charge in [0.05, 0.1) is 10.0 Å². The number of hydrogen-bond donors (Lipinski definition) is 1. The minimum atomic E-state index is 0.399. The van der Waals surface area contributed by atoms with E-state index in [0.717, 1.165) is 12.8 Å². The fourth-order valence-corrected chi connectivity index (χ4v) is 4.01. The van der Waals surface area contributed by atoms with Crippen LogP contribution in [0.4, 0.5) is 0 Å². The van der Waals surface area contributed by atoms with E-state index in [1.54, 1.807) is 0 Å². The van der Waals surface area contributed by atoms with Gasteiger partial charge in [0.2, 0.25) is 0 Å². The van der Waals surface area contributed by atoms with Crippen LogP contribution in [-0.4, -0.2) is 7.05 Å². The van der Waals surface area contributed by atoms with Crippen LogP contribution in [0.15, 0.2) is 36.4 Å². The summed E-state index contributed by atoms with van der Waals surface area (Å²) in [4.78, 5) is 0. The van der Waals surface area contributed by atoms with Gasteiger partial charge in [0.25, 0.3) is 0 Å². The highest BCUT2D eigenvalue weighted by Crippen LogP contribution is 2.42. The molecule has 2 aromatic carbocycles. The van der Waals surface area contributed by atoms with E-state index in [-0.39, 0.29) is 0 Å². The maximum absolute atomic E-state index is 6.20. The largest absolute Gasteiger partial charge is 0.313 e. The molecule has 2 atom stereocenters. The average molecular weight is 432 g/mol. The minimum absolute atomic E-state index is 0.399. The van der Waals surface area contributed by atoms with Crippen LogP contribution >= 0.6 is 45.8 Å². The quantitative estimate of drug-likeness (QED) is 0.594. The van der Waals surface area contributed by atoms with Gasteiger partial charge < -0.3 is 5.32 Å². The van der Waals surface area contributed by atoms with Gasteiger partial charge in [0.1, 0.15) is 0 Å². The van der Waals surface area contributed by atoms with Crippen LogP contribution in [0.3, 0.4) is 0 Å². The van der Waals surface area contributed by atoms with Crippen molar-refractivity contribution in [1.29, 1.82) is 0 Å². The lowest BCUT2D eigenvalue weighted by molar-refractivity contribution is 0.470. The Morgan fingerprint density at radius 3 is 2.52 bits per heavy atom. The van der Waals surface area contributed by atoms with Gasteiger partial charge in [-0.3, -0.25) is 0 Å². The van der Waals surface area contributed by atoms with Gasteiger partial charge in [-0.2, -0.15) is 0 Å². The average Bonchev–Trinajstić information content (AvgIpc) is 2.49. The second-order valence-corrected chi connectivity index (χ2v) is 7.48. The second kappa shape index (κ2) is 6.45. The number of nitrogens with one attached hydrogen (secondary N) is 1. The number of rotatable bonds is 2. The van der Waals surface area contributed by atoms with E-state index < -0.39 is 0 Å². The van der Waals surface area contributed by atoms with Crippen molar-refractivity contribution in [3.8, 4) is 0 Å². The fraction of sp³-hybridized carbons (Fsp3) is 0.294. The zero-order valence-corrected chi connectivity index (χ0v) is 15.3. The molecule has 110 valence electrons. The molecule has 0 heterocycles. The van der Waals surface area contributed by atoms with Gasteiger partial charge in [-0.15, -0.1) is 0 Å². The number of hydrogen-bond acceptors (Lipinski definition) is 1. The van der Waals surface area contributed by atoms with Crippen LogP contribution in [0.2, 0.25) is 10.0 Å². The van der Waals surface area contributed by atoms with Crippen LogP contribution in [0, 0.1) is 3.57 Å². The van der Waals surface area contributed by atoms with E-state index in [9.17, 15) is 0 Å². The molecule has 0 radical (unpaired) electrons. The smallest absolute Gasteiger partial charge is 0.0595 e. The Bertz CT molecular complexity index is 672. The van der Waals surface area contributed by atoms with E-state index in [2.05, 4.69) is 52.2 Å². The summed E-state index contributed by atoms with van der Waals surface area (Å²) in [5.41, 5.74) is 4.06. The lowest BCUT2D eigenvalue weighted by Gasteiger charge is -2.32. The third kappa shape index (κ3) is 3.09. The Kier molecular flexibility index (Phi) is 4.79. The zero-order chi connectivity index (χ0) is 15.0. The standard InChI is InChI=1S/C17H16Cl2IN/c1-21-17-7-5-12(10-2-6-15(18)16(19)8-10)13-4-3-11(20)9-14(13)17/h2-4,6,8-9,12,17,21H,5,7H2,1H3. The molecule has 0 saturated heterocycles. The maximum Gasteiger partial charge on any atom is 0.0595 e. The minimum Gasteiger partial charge on any atom is -0.313 e. The zero-order valence-electron chi connectivity index (χ0n) is 11.7. The highest BCUT2D eigenvalue weighted by Gasteiger charge is 2.27. The molecular formula is C17H16Cl2IN. The summed E-state index contributed by atoms with van der Waals surface area (Å²) in [6, 6.07) is 13.2. The van der Waals surface area contributed by atoms with Crippen molar-refractivity contribution < 1.29 is 0 Å². The molecule has 2 aromatic rings. The van der Waals surface area contributed by atoms with Gasteiger partial charge in [-0.05, 0) is 83.4 Å². The Morgan fingerprint density at radius 2 is 1.81 bits per heavy atom. The summed E-state index contributed by atoms with van der Waals surface area (Å²) in [5.74, 6) is 0.399. The van der Waals surface area contributed by atoms with E-state index in [1.165, 1.54) is 20.3 Å². The van der Waals surface area contributed by atoms with Gasteiger partial charge in [0.15, 0.2) is 0 Å². The predicted octanol–water partition coefficient (Wildman–Crippen LogP) is 5.78. The number of fused-ring (bicyclic) bond motifs is 1.